The van der Waals surface area contributed by atoms with Crippen LogP contribution in [0.5, 0.6) is 5.75 Å². The van der Waals surface area contributed by atoms with Gasteiger partial charge in [-0.25, -0.2) is 0 Å². The number of halogens is 1. The van der Waals surface area contributed by atoms with Gasteiger partial charge in [-0.1, -0.05) is 53.2 Å². The summed E-state index contributed by atoms with van der Waals surface area (Å²) in [5.41, 5.74) is 2.15. The molecule has 1 aromatic heterocycles. The Morgan fingerprint density at radius 2 is 1.96 bits per heavy atom. The molecule has 0 aliphatic rings. The molecule has 3 aromatic rings. The van der Waals surface area contributed by atoms with Gasteiger partial charge in [-0.05, 0) is 37.2 Å². The summed E-state index contributed by atoms with van der Waals surface area (Å²) in [6, 6.07) is 16.1. The minimum atomic E-state index is 0.186. The van der Waals surface area contributed by atoms with E-state index < -0.39 is 0 Å². The molecule has 2 aromatic carbocycles. The van der Waals surface area contributed by atoms with Gasteiger partial charge in [0.05, 0.1) is 5.02 Å². The molecule has 130 valence electrons. The molecular weight excluding hydrogens is 338 g/mol. The summed E-state index contributed by atoms with van der Waals surface area (Å²) in [7, 11) is 1.90. The lowest BCUT2D eigenvalue weighted by Crippen LogP contribution is -2.24. The molecule has 0 radical (unpaired) electrons. The molecule has 25 heavy (non-hydrogen) atoms. The van der Waals surface area contributed by atoms with E-state index in [4.69, 9.17) is 20.9 Å². The summed E-state index contributed by atoms with van der Waals surface area (Å²) in [5, 5.41) is 7.64. The quantitative estimate of drug-likeness (QED) is 0.689. The molecule has 0 amide bonds. The molecule has 0 saturated heterocycles. The first-order valence-corrected chi connectivity index (χ1v) is 8.50. The van der Waals surface area contributed by atoms with Crippen LogP contribution in [0.25, 0.3) is 11.1 Å². The monoisotopic (exact) mass is 357 g/mol. The first kappa shape index (κ1) is 17.5. The summed E-state index contributed by atoms with van der Waals surface area (Å²) in [5.74, 6) is 1.68. The Hall–Kier alpha value is -2.37. The number of hydrogen-bond donors (Lipinski definition) is 1. The highest BCUT2D eigenvalue weighted by Gasteiger charge is 2.11. The predicted octanol–water partition coefficient (Wildman–Crippen LogP) is 4.12. The van der Waals surface area contributed by atoms with Crippen molar-refractivity contribution < 1.29 is 9.26 Å². The van der Waals surface area contributed by atoms with Crippen LogP contribution in [-0.2, 0) is 13.0 Å². The standard InChI is InChI=1S/C19H20ClN3O2/c1-13(21-2)10-18-22-19(25-23-18)12-24-17-9-8-15(11-16(17)20)14-6-4-3-5-7-14/h3-9,11,13,21H,10,12H2,1-2H3. The van der Waals surface area contributed by atoms with Crippen molar-refractivity contribution in [2.45, 2.75) is 26.0 Å². The Kier molecular flexibility index (Phi) is 5.68. The molecule has 0 spiro atoms. The topological polar surface area (TPSA) is 60.2 Å². The summed E-state index contributed by atoms with van der Waals surface area (Å²) in [6.07, 6.45) is 0.701. The fraction of sp³-hybridized carbons (Fsp3) is 0.263. The van der Waals surface area contributed by atoms with Crippen molar-refractivity contribution >= 4 is 11.6 Å². The highest BCUT2D eigenvalue weighted by Crippen LogP contribution is 2.30. The van der Waals surface area contributed by atoms with E-state index in [-0.39, 0.29) is 12.6 Å². The van der Waals surface area contributed by atoms with Crippen LogP contribution in [0.15, 0.2) is 53.1 Å². The second kappa shape index (κ2) is 8.14. The Labute approximate surface area is 152 Å². The molecule has 0 saturated carbocycles. The zero-order chi connectivity index (χ0) is 17.6. The summed E-state index contributed by atoms with van der Waals surface area (Å²) in [6.45, 7) is 2.24. The molecular formula is C19H20ClN3O2. The van der Waals surface area contributed by atoms with Gasteiger partial charge in [0, 0.05) is 12.5 Å². The maximum absolute atomic E-state index is 6.34. The Morgan fingerprint density at radius 1 is 1.16 bits per heavy atom. The Balaban J connectivity index is 1.64. The third-order valence-corrected chi connectivity index (χ3v) is 4.18. The van der Waals surface area contributed by atoms with E-state index in [9.17, 15) is 0 Å². The van der Waals surface area contributed by atoms with Crippen molar-refractivity contribution in [2.75, 3.05) is 7.05 Å². The number of nitrogens with zero attached hydrogens (tertiary/aromatic N) is 2. The normalized spacial score (nSPS) is 12.1. The maximum atomic E-state index is 6.34. The van der Waals surface area contributed by atoms with E-state index in [1.165, 1.54) is 0 Å². The van der Waals surface area contributed by atoms with Crippen molar-refractivity contribution in [1.29, 1.82) is 0 Å². The van der Waals surface area contributed by atoms with Crippen LogP contribution in [-0.4, -0.2) is 23.2 Å². The van der Waals surface area contributed by atoms with E-state index in [2.05, 4.69) is 22.4 Å². The zero-order valence-electron chi connectivity index (χ0n) is 14.2. The molecule has 0 bridgehead atoms. The first-order chi connectivity index (χ1) is 12.2. The number of rotatable bonds is 7. The Bertz CT molecular complexity index is 821. The van der Waals surface area contributed by atoms with Crippen LogP contribution in [0.4, 0.5) is 0 Å². The van der Waals surface area contributed by atoms with Crippen LogP contribution < -0.4 is 10.1 Å². The minimum Gasteiger partial charge on any atom is -0.482 e. The van der Waals surface area contributed by atoms with Crippen molar-refractivity contribution in [3.8, 4) is 16.9 Å². The molecule has 3 rings (SSSR count). The largest absolute Gasteiger partial charge is 0.482 e. The summed E-state index contributed by atoms with van der Waals surface area (Å²) in [4.78, 5) is 4.32. The average molecular weight is 358 g/mol. The Morgan fingerprint density at radius 3 is 2.68 bits per heavy atom. The van der Waals surface area contributed by atoms with Gasteiger partial charge < -0.3 is 14.6 Å². The van der Waals surface area contributed by atoms with Crippen molar-refractivity contribution in [3.05, 3.63) is 65.3 Å². The first-order valence-electron chi connectivity index (χ1n) is 8.12. The zero-order valence-corrected chi connectivity index (χ0v) is 15.0. The molecule has 5 nitrogen and oxygen atoms in total. The van der Waals surface area contributed by atoms with Gasteiger partial charge in [-0.2, -0.15) is 4.98 Å². The molecule has 1 unspecified atom stereocenters. The van der Waals surface area contributed by atoms with Crippen LogP contribution in [0.2, 0.25) is 5.02 Å². The molecule has 1 heterocycles. The summed E-state index contributed by atoms with van der Waals surface area (Å²) < 4.78 is 10.9. The smallest absolute Gasteiger partial charge is 0.264 e. The fourth-order valence-electron chi connectivity index (χ4n) is 2.38. The second-order valence-electron chi connectivity index (χ2n) is 5.80. The van der Waals surface area contributed by atoms with Crippen LogP contribution in [0.1, 0.15) is 18.6 Å². The average Bonchev–Trinajstić information content (AvgIpc) is 3.08. The number of hydrogen-bond acceptors (Lipinski definition) is 5. The third kappa shape index (κ3) is 4.59. The molecule has 0 aliphatic heterocycles. The summed E-state index contributed by atoms with van der Waals surface area (Å²) >= 11 is 6.34. The molecule has 1 atom stereocenters. The van der Waals surface area contributed by atoms with Gasteiger partial charge in [0.15, 0.2) is 12.4 Å². The van der Waals surface area contributed by atoms with E-state index >= 15 is 0 Å². The van der Waals surface area contributed by atoms with Gasteiger partial charge >= 0.3 is 0 Å². The predicted molar refractivity (Wildman–Crippen MR) is 97.7 cm³/mol. The highest BCUT2D eigenvalue weighted by molar-refractivity contribution is 6.32. The van der Waals surface area contributed by atoms with E-state index in [0.717, 1.165) is 11.1 Å². The van der Waals surface area contributed by atoms with E-state index in [1.54, 1.807) is 0 Å². The van der Waals surface area contributed by atoms with Gasteiger partial charge in [0.2, 0.25) is 0 Å². The molecule has 1 N–H and O–H groups in total. The van der Waals surface area contributed by atoms with Gasteiger partial charge in [0.1, 0.15) is 5.75 Å². The number of nitrogens with one attached hydrogen (secondary N) is 1. The minimum absolute atomic E-state index is 0.186. The van der Waals surface area contributed by atoms with E-state index in [0.29, 0.717) is 28.9 Å². The number of likely N-dealkylation sites (N-methyl/N-ethyl adjacent to an activating group) is 1. The molecule has 0 aliphatic carbocycles. The van der Waals surface area contributed by atoms with Crippen molar-refractivity contribution in [1.82, 2.24) is 15.5 Å². The van der Waals surface area contributed by atoms with Gasteiger partial charge in [0.25, 0.3) is 5.89 Å². The number of aromatic nitrogens is 2. The third-order valence-electron chi connectivity index (χ3n) is 3.88. The number of ether oxygens (including phenoxy) is 1. The molecule has 0 fully saturated rings. The van der Waals surface area contributed by atoms with Crippen LogP contribution in [0.3, 0.4) is 0 Å². The van der Waals surface area contributed by atoms with Crippen LogP contribution >= 0.6 is 11.6 Å². The van der Waals surface area contributed by atoms with Crippen molar-refractivity contribution in [2.24, 2.45) is 0 Å². The lowest BCUT2D eigenvalue weighted by atomic mass is 10.1. The van der Waals surface area contributed by atoms with Gasteiger partial charge in [-0.15, -0.1) is 0 Å². The SMILES string of the molecule is CNC(C)Cc1noc(COc2ccc(-c3ccccc3)cc2Cl)n1. The maximum Gasteiger partial charge on any atom is 0.264 e. The number of benzene rings is 2. The highest BCUT2D eigenvalue weighted by atomic mass is 35.5. The van der Waals surface area contributed by atoms with Gasteiger partial charge in [-0.3, -0.25) is 0 Å². The van der Waals surface area contributed by atoms with Crippen molar-refractivity contribution in [3.63, 3.8) is 0 Å². The lowest BCUT2D eigenvalue weighted by molar-refractivity contribution is 0.242. The molecule has 6 heteroatoms. The second-order valence-corrected chi connectivity index (χ2v) is 6.21. The van der Waals surface area contributed by atoms with Crippen LogP contribution in [0, 0.1) is 0 Å². The lowest BCUT2D eigenvalue weighted by Gasteiger charge is -2.08. The van der Waals surface area contributed by atoms with E-state index in [1.807, 2.05) is 55.6 Å². The fourth-order valence-corrected chi connectivity index (χ4v) is 2.61.